The third kappa shape index (κ3) is 6.84. The van der Waals surface area contributed by atoms with E-state index >= 15 is 0 Å². The molecule has 7 heteroatoms. The maximum Gasteiger partial charge on any atom is 0.232 e. The Kier molecular flexibility index (Phi) is 6.41. The summed E-state index contributed by atoms with van der Waals surface area (Å²) in [5.74, 6) is 0.926. The van der Waals surface area contributed by atoms with Crippen LogP contribution in [0.3, 0.4) is 0 Å². The third-order valence-corrected chi connectivity index (χ3v) is 3.78. The first-order valence-corrected chi connectivity index (χ1v) is 9.82. The monoisotopic (exact) mass is 361 g/mol. The van der Waals surface area contributed by atoms with Crippen LogP contribution in [0.15, 0.2) is 53.5 Å². The van der Waals surface area contributed by atoms with Crippen molar-refractivity contribution in [2.75, 3.05) is 18.2 Å². The zero-order chi connectivity index (χ0) is 18.3. The molecule has 0 aromatic heterocycles. The van der Waals surface area contributed by atoms with Gasteiger partial charge in [0, 0.05) is 5.69 Å². The van der Waals surface area contributed by atoms with E-state index in [0.29, 0.717) is 18.8 Å². The highest BCUT2D eigenvalue weighted by Gasteiger charge is 2.07. The standard InChI is InChI=1S/C18H23N3O3S/c1-4-24-17-10-8-16(9-11-17)20-18(21-25(3,22)23)19-13-15-7-5-6-14(2)12-15/h5-12H,4,13H2,1-3H3,(H2,19,20,21). The summed E-state index contributed by atoms with van der Waals surface area (Å²) in [6.07, 6.45) is 1.09. The Morgan fingerprint density at radius 1 is 1.16 bits per heavy atom. The Hall–Kier alpha value is -2.54. The predicted molar refractivity (Wildman–Crippen MR) is 102 cm³/mol. The van der Waals surface area contributed by atoms with Crippen LogP contribution in [0.4, 0.5) is 5.69 Å². The zero-order valence-corrected chi connectivity index (χ0v) is 15.4. The molecule has 0 fully saturated rings. The van der Waals surface area contributed by atoms with Crippen molar-refractivity contribution in [3.8, 4) is 5.75 Å². The van der Waals surface area contributed by atoms with Crippen molar-refractivity contribution in [3.63, 3.8) is 0 Å². The molecule has 0 radical (unpaired) electrons. The highest BCUT2D eigenvalue weighted by atomic mass is 32.2. The largest absolute Gasteiger partial charge is 0.494 e. The minimum atomic E-state index is -3.44. The lowest BCUT2D eigenvalue weighted by Crippen LogP contribution is -2.35. The average molecular weight is 361 g/mol. The molecule has 0 unspecified atom stereocenters. The summed E-state index contributed by atoms with van der Waals surface area (Å²) in [5.41, 5.74) is 2.84. The number of benzene rings is 2. The molecule has 0 aliphatic carbocycles. The number of rotatable bonds is 6. The Morgan fingerprint density at radius 3 is 2.48 bits per heavy atom. The lowest BCUT2D eigenvalue weighted by Gasteiger charge is -2.12. The molecule has 6 nitrogen and oxygen atoms in total. The first-order valence-electron chi connectivity index (χ1n) is 7.93. The molecule has 2 N–H and O–H groups in total. The van der Waals surface area contributed by atoms with Crippen LogP contribution < -0.4 is 14.8 Å². The molecule has 2 aromatic rings. The van der Waals surface area contributed by atoms with Gasteiger partial charge in [0.25, 0.3) is 0 Å². The number of hydrogen-bond donors (Lipinski definition) is 2. The Morgan fingerprint density at radius 2 is 1.88 bits per heavy atom. The van der Waals surface area contributed by atoms with Crippen molar-refractivity contribution in [3.05, 3.63) is 59.7 Å². The van der Waals surface area contributed by atoms with Gasteiger partial charge in [-0.2, -0.15) is 0 Å². The van der Waals surface area contributed by atoms with Gasteiger partial charge in [-0.05, 0) is 43.7 Å². The summed E-state index contributed by atoms with van der Waals surface area (Å²) in [6, 6.07) is 15.1. The maximum absolute atomic E-state index is 11.6. The first kappa shape index (κ1) is 18.8. The van der Waals surface area contributed by atoms with Crippen molar-refractivity contribution in [2.45, 2.75) is 20.4 Å². The number of hydrogen-bond acceptors (Lipinski definition) is 4. The number of aliphatic imine (C=N–C) groups is 1. The lowest BCUT2D eigenvalue weighted by atomic mass is 10.1. The smallest absolute Gasteiger partial charge is 0.232 e. The number of nitrogens with one attached hydrogen (secondary N) is 2. The number of sulfonamides is 1. The number of guanidine groups is 1. The second-order valence-corrected chi connectivity index (χ2v) is 7.36. The molecule has 2 aromatic carbocycles. The molecule has 0 saturated heterocycles. The van der Waals surface area contributed by atoms with E-state index in [4.69, 9.17) is 4.74 Å². The molecule has 0 saturated carbocycles. The van der Waals surface area contributed by atoms with Gasteiger partial charge >= 0.3 is 0 Å². The van der Waals surface area contributed by atoms with E-state index in [1.807, 2.05) is 50.2 Å². The van der Waals surface area contributed by atoms with Crippen molar-refractivity contribution in [2.24, 2.45) is 4.99 Å². The van der Waals surface area contributed by atoms with Crippen LogP contribution >= 0.6 is 0 Å². The second-order valence-electron chi connectivity index (χ2n) is 5.61. The average Bonchev–Trinajstić information content (AvgIpc) is 2.53. The molecule has 134 valence electrons. The lowest BCUT2D eigenvalue weighted by molar-refractivity contribution is 0.340. The maximum atomic E-state index is 11.6. The quantitative estimate of drug-likeness (QED) is 0.612. The highest BCUT2D eigenvalue weighted by Crippen LogP contribution is 2.15. The van der Waals surface area contributed by atoms with Crippen LogP contribution in [-0.2, 0) is 16.6 Å². The number of aryl methyl sites for hydroxylation is 1. The molecule has 2 rings (SSSR count). The summed E-state index contributed by atoms with van der Waals surface area (Å²) < 4.78 is 31.0. The van der Waals surface area contributed by atoms with Gasteiger partial charge in [0.1, 0.15) is 5.75 Å². The minimum Gasteiger partial charge on any atom is -0.494 e. The van der Waals surface area contributed by atoms with Gasteiger partial charge in [0.05, 0.1) is 19.4 Å². The molecule has 0 aliphatic heterocycles. The predicted octanol–water partition coefficient (Wildman–Crippen LogP) is 2.91. The summed E-state index contributed by atoms with van der Waals surface area (Å²) in [4.78, 5) is 4.36. The fourth-order valence-corrected chi connectivity index (χ4v) is 2.66. The minimum absolute atomic E-state index is 0.174. The van der Waals surface area contributed by atoms with E-state index in [0.717, 1.165) is 23.1 Å². The van der Waals surface area contributed by atoms with Gasteiger partial charge in [0.2, 0.25) is 16.0 Å². The summed E-state index contributed by atoms with van der Waals surface area (Å²) in [7, 11) is -3.44. The van der Waals surface area contributed by atoms with Crippen molar-refractivity contribution >= 4 is 21.7 Å². The molecule has 0 heterocycles. The molecule has 25 heavy (non-hydrogen) atoms. The second kappa shape index (κ2) is 8.53. The van der Waals surface area contributed by atoms with E-state index in [9.17, 15) is 8.42 Å². The molecule has 0 amide bonds. The fourth-order valence-electron chi connectivity index (χ4n) is 2.19. The van der Waals surface area contributed by atoms with Crippen LogP contribution in [0.1, 0.15) is 18.1 Å². The van der Waals surface area contributed by atoms with Crippen molar-refractivity contribution in [1.29, 1.82) is 0 Å². The van der Waals surface area contributed by atoms with Crippen molar-refractivity contribution < 1.29 is 13.2 Å². The van der Waals surface area contributed by atoms with E-state index < -0.39 is 10.0 Å². The summed E-state index contributed by atoms with van der Waals surface area (Å²) in [5, 5.41) is 2.99. The van der Waals surface area contributed by atoms with Gasteiger partial charge in [-0.25, -0.2) is 13.4 Å². The van der Waals surface area contributed by atoms with Gasteiger partial charge in [-0.15, -0.1) is 0 Å². The fraction of sp³-hybridized carbons (Fsp3) is 0.278. The van der Waals surface area contributed by atoms with Gasteiger partial charge in [-0.1, -0.05) is 29.8 Å². The van der Waals surface area contributed by atoms with Gasteiger partial charge in [-0.3, -0.25) is 4.72 Å². The van der Waals surface area contributed by atoms with Gasteiger partial charge < -0.3 is 10.1 Å². The molecule has 0 bridgehead atoms. The van der Waals surface area contributed by atoms with Crippen LogP contribution in [0.5, 0.6) is 5.75 Å². The molecule has 0 spiro atoms. The van der Waals surface area contributed by atoms with Crippen LogP contribution in [0, 0.1) is 6.92 Å². The number of nitrogens with zero attached hydrogens (tertiary/aromatic N) is 1. The van der Waals surface area contributed by atoms with E-state index in [2.05, 4.69) is 15.0 Å². The number of anilines is 1. The summed E-state index contributed by atoms with van der Waals surface area (Å²) >= 11 is 0. The zero-order valence-electron chi connectivity index (χ0n) is 14.6. The van der Waals surface area contributed by atoms with Crippen LogP contribution in [0.2, 0.25) is 0 Å². The molecular weight excluding hydrogens is 338 g/mol. The third-order valence-electron chi connectivity index (χ3n) is 3.21. The van der Waals surface area contributed by atoms with E-state index in [1.54, 1.807) is 12.1 Å². The molecule has 0 atom stereocenters. The van der Waals surface area contributed by atoms with Crippen LogP contribution in [0.25, 0.3) is 0 Å². The normalized spacial score (nSPS) is 11.9. The highest BCUT2D eigenvalue weighted by molar-refractivity contribution is 7.89. The first-order chi connectivity index (χ1) is 11.9. The molecule has 0 aliphatic rings. The van der Waals surface area contributed by atoms with Gasteiger partial charge in [0.15, 0.2) is 0 Å². The Balaban J connectivity index is 2.15. The van der Waals surface area contributed by atoms with Crippen LogP contribution in [-0.4, -0.2) is 27.2 Å². The van der Waals surface area contributed by atoms with Crippen molar-refractivity contribution in [1.82, 2.24) is 4.72 Å². The summed E-state index contributed by atoms with van der Waals surface area (Å²) in [6.45, 7) is 4.87. The van der Waals surface area contributed by atoms with E-state index in [-0.39, 0.29) is 5.96 Å². The number of ether oxygens (including phenoxy) is 1. The molecular formula is C18H23N3O3S. The van der Waals surface area contributed by atoms with E-state index in [1.165, 1.54) is 0 Å². The Bertz CT molecular complexity index is 831. The Labute approximate surface area is 149 Å². The SMILES string of the molecule is CCOc1ccc(NC(=NCc2cccc(C)c2)NS(C)(=O)=O)cc1. The topological polar surface area (TPSA) is 79.8 Å².